The number of rotatable bonds is 9. The van der Waals surface area contributed by atoms with Crippen LogP contribution in [0, 0.1) is 5.92 Å². The van der Waals surface area contributed by atoms with Crippen LogP contribution in [0.3, 0.4) is 0 Å². The zero-order valence-corrected chi connectivity index (χ0v) is 21.3. The number of ether oxygens (including phenoxy) is 4. The Balaban J connectivity index is 1.98. The smallest absolute Gasteiger partial charge is 0.374 e. The minimum atomic E-state index is -1.31. The molecule has 0 radical (unpaired) electrons. The molecular weight excluding hydrogens is 497 g/mol. The topological polar surface area (TPSA) is 191 Å². The van der Waals surface area contributed by atoms with E-state index in [1.807, 2.05) is 0 Å². The van der Waals surface area contributed by atoms with Crippen LogP contribution in [0.25, 0.3) is 0 Å². The fourth-order valence-corrected chi connectivity index (χ4v) is 4.86. The van der Waals surface area contributed by atoms with E-state index >= 15 is 0 Å². The van der Waals surface area contributed by atoms with Gasteiger partial charge >= 0.3 is 25.0 Å². The fraction of sp³-hybridized carbons (Fsp3) is 0.650. The van der Waals surface area contributed by atoms with Crippen LogP contribution >= 0.6 is 11.8 Å². The number of aliphatic imine (C=N–C) groups is 1. The molecule has 0 aromatic heterocycles. The molecule has 0 aromatic rings. The number of thioether (sulfide) groups is 1. The number of esters is 3. The number of nitrogens with two attached hydrogens (primary N) is 1. The molecule has 1 unspecified atom stereocenters. The second-order valence-corrected chi connectivity index (χ2v) is 9.79. The van der Waals surface area contributed by atoms with Crippen molar-refractivity contribution in [3.8, 4) is 0 Å². The fourth-order valence-electron chi connectivity index (χ4n) is 3.96. The summed E-state index contributed by atoms with van der Waals surface area (Å²) >= 11 is 0.886. The van der Waals surface area contributed by atoms with Crippen molar-refractivity contribution < 1.29 is 43.1 Å². The molecule has 198 valence electrons. The predicted octanol–water partition coefficient (Wildman–Crippen LogP) is -0.903. The predicted molar refractivity (Wildman–Crippen MR) is 128 cm³/mol. The molecule has 3 aliphatic heterocycles. The molecule has 0 aliphatic carbocycles. The summed E-state index contributed by atoms with van der Waals surface area (Å²) in [5.74, 6) is -2.30. The first-order valence-electron chi connectivity index (χ1n) is 11.3. The minimum absolute atomic E-state index is 0.0598. The normalized spacial score (nSPS) is 28.0. The van der Waals surface area contributed by atoms with Gasteiger partial charge in [0.1, 0.15) is 18.8 Å². The van der Waals surface area contributed by atoms with Gasteiger partial charge in [0, 0.05) is 20.0 Å². The van der Waals surface area contributed by atoms with Crippen LogP contribution in [-0.4, -0.2) is 89.4 Å². The lowest BCUT2D eigenvalue weighted by molar-refractivity contribution is -0.171. The molecule has 0 spiro atoms. The van der Waals surface area contributed by atoms with Gasteiger partial charge in [-0.3, -0.25) is 24.1 Å². The first-order chi connectivity index (χ1) is 16.9. The van der Waals surface area contributed by atoms with E-state index < -0.39 is 66.9 Å². The zero-order chi connectivity index (χ0) is 26.7. The van der Waals surface area contributed by atoms with Crippen LogP contribution in [0.15, 0.2) is 16.1 Å². The Kier molecular flexibility index (Phi) is 8.87. The molecule has 2 fully saturated rings. The maximum absolute atomic E-state index is 13.2. The SMILES string of the molecule is CB(O)N[C@H](C(=O)O[C@@H]1[C@@H](OC(C)=O)[C@@H](COC(C)=O)O[C@H]1N1C(=O)SC2=CNC(N)=NC21)C(C)C. The molecular formula is C20H30BN5O9S. The van der Waals surface area contributed by atoms with Gasteiger partial charge in [-0.05, 0) is 24.5 Å². The highest BCUT2D eigenvalue weighted by atomic mass is 32.2. The van der Waals surface area contributed by atoms with E-state index in [1.54, 1.807) is 13.8 Å². The number of fused-ring (bicyclic) bond motifs is 1. The Morgan fingerprint density at radius 2 is 2.00 bits per heavy atom. The van der Waals surface area contributed by atoms with Gasteiger partial charge < -0.3 is 40.2 Å². The summed E-state index contributed by atoms with van der Waals surface area (Å²) in [6.45, 7) is 6.99. The van der Waals surface area contributed by atoms with Gasteiger partial charge in [0.25, 0.3) is 5.24 Å². The Morgan fingerprint density at radius 3 is 2.58 bits per heavy atom. The summed E-state index contributed by atoms with van der Waals surface area (Å²) in [5.41, 5.74) is 5.80. The van der Waals surface area contributed by atoms with Crippen LogP contribution < -0.4 is 16.3 Å². The Hall–Kier alpha value is -2.82. The quantitative estimate of drug-likeness (QED) is 0.164. The lowest BCUT2D eigenvalue weighted by Crippen LogP contribution is -2.54. The Morgan fingerprint density at radius 1 is 1.31 bits per heavy atom. The lowest BCUT2D eigenvalue weighted by atomic mass is 9.85. The number of guanidine groups is 1. The van der Waals surface area contributed by atoms with Gasteiger partial charge in [-0.2, -0.15) is 0 Å². The highest BCUT2D eigenvalue weighted by Gasteiger charge is 2.57. The van der Waals surface area contributed by atoms with Gasteiger partial charge in [-0.15, -0.1) is 0 Å². The van der Waals surface area contributed by atoms with E-state index in [-0.39, 0.29) is 18.5 Å². The van der Waals surface area contributed by atoms with Gasteiger partial charge in [-0.25, -0.2) is 4.99 Å². The van der Waals surface area contributed by atoms with Crippen molar-refractivity contribution in [2.24, 2.45) is 16.6 Å². The third-order valence-electron chi connectivity index (χ3n) is 5.46. The van der Waals surface area contributed by atoms with Crippen molar-refractivity contribution in [1.29, 1.82) is 0 Å². The second kappa shape index (κ2) is 11.5. The van der Waals surface area contributed by atoms with Crippen LogP contribution in [0.5, 0.6) is 0 Å². The van der Waals surface area contributed by atoms with E-state index in [0.29, 0.717) is 4.91 Å². The zero-order valence-electron chi connectivity index (χ0n) is 20.5. The minimum Gasteiger partial charge on any atom is -0.463 e. The number of amides is 1. The first-order valence-corrected chi connectivity index (χ1v) is 12.1. The van der Waals surface area contributed by atoms with Crippen molar-refractivity contribution in [1.82, 2.24) is 15.4 Å². The van der Waals surface area contributed by atoms with Gasteiger partial charge in [0.2, 0.25) is 0 Å². The summed E-state index contributed by atoms with van der Waals surface area (Å²) < 4.78 is 22.3. The Labute approximate surface area is 212 Å². The summed E-state index contributed by atoms with van der Waals surface area (Å²) in [5, 5.41) is 14.8. The number of nitrogens with zero attached hydrogens (tertiary/aromatic N) is 2. The van der Waals surface area contributed by atoms with E-state index in [2.05, 4.69) is 15.5 Å². The molecule has 0 bridgehead atoms. The molecule has 5 N–H and O–H groups in total. The van der Waals surface area contributed by atoms with Crippen molar-refractivity contribution in [3.05, 3.63) is 11.1 Å². The number of carbonyl (C=O) groups is 4. The summed E-state index contributed by atoms with van der Waals surface area (Å²) in [6.07, 6.45) is -4.18. The monoisotopic (exact) mass is 527 g/mol. The van der Waals surface area contributed by atoms with E-state index in [9.17, 15) is 24.2 Å². The number of hydrogen-bond acceptors (Lipinski definition) is 14. The van der Waals surface area contributed by atoms with Crippen molar-refractivity contribution >= 4 is 47.9 Å². The maximum atomic E-state index is 13.2. The van der Waals surface area contributed by atoms with Crippen LogP contribution in [0.4, 0.5) is 4.79 Å². The second-order valence-electron chi connectivity index (χ2n) is 8.76. The third-order valence-corrected chi connectivity index (χ3v) is 6.41. The highest BCUT2D eigenvalue weighted by molar-refractivity contribution is 8.17. The van der Waals surface area contributed by atoms with E-state index in [0.717, 1.165) is 18.7 Å². The van der Waals surface area contributed by atoms with Crippen molar-refractivity contribution in [2.75, 3.05) is 6.61 Å². The highest BCUT2D eigenvalue weighted by Crippen LogP contribution is 2.42. The average Bonchev–Trinajstić information content (AvgIpc) is 3.25. The van der Waals surface area contributed by atoms with Gasteiger partial charge in [0.15, 0.2) is 30.6 Å². The average molecular weight is 527 g/mol. The molecule has 16 heteroatoms. The molecule has 0 aromatic carbocycles. The molecule has 1 amide bonds. The first kappa shape index (κ1) is 27.8. The summed E-state index contributed by atoms with van der Waals surface area (Å²) in [7, 11) is -1.02. The molecule has 36 heavy (non-hydrogen) atoms. The molecule has 3 rings (SSSR count). The van der Waals surface area contributed by atoms with Crippen molar-refractivity contribution in [2.45, 2.75) is 71.3 Å². The molecule has 3 aliphatic rings. The molecule has 14 nitrogen and oxygen atoms in total. The maximum Gasteiger partial charge on any atom is 0.374 e. The van der Waals surface area contributed by atoms with Crippen LogP contribution in [0.1, 0.15) is 27.7 Å². The van der Waals surface area contributed by atoms with Crippen LogP contribution in [0.2, 0.25) is 6.82 Å². The standard InChI is InChI=1S/C20H30BN5O9S/c1-8(2)13(25-21(5)31)18(29)35-15-14(33-10(4)28)11(7-32-9(3)27)34-17(15)26-16-12(36-20(26)30)6-23-19(22)24-16/h6,8,11,13-17,25,31H,7H2,1-5H3,(H3,22,23,24)/t11-,13+,14+,15-,16?,17-/m1/s1. The number of hydrogen-bond donors (Lipinski definition) is 4. The third kappa shape index (κ3) is 6.29. The van der Waals surface area contributed by atoms with E-state index in [1.165, 1.54) is 24.8 Å². The van der Waals surface area contributed by atoms with Gasteiger partial charge in [-0.1, -0.05) is 13.8 Å². The molecule has 0 saturated carbocycles. The molecule has 3 heterocycles. The largest absolute Gasteiger partial charge is 0.463 e. The van der Waals surface area contributed by atoms with Crippen LogP contribution in [-0.2, 0) is 33.3 Å². The lowest BCUT2D eigenvalue weighted by Gasteiger charge is -2.33. The van der Waals surface area contributed by atoms with Crippen molar-refractivity contribution in [3.63, 3.8) is 0 Å². The van der Waals surface area contributed by atoms with Gasteiger partial charge in [0.05, 0.1) is 4.91 Å². The summed E-state index contributed by atoms with van der Waals surface area (Å²) in [6, 6.07) is -0.928. The molecule has 6 atom stereocenters. The summed E-state index contributed by atoms with van der Waals surface area (Å²) in [4.78, 5) is 55.6. The van der Waals surface area contributed by atoms with E-state index in [4.69, 9.17) is 24.7 Å². The number of carbonyl (C=O) groups excluding carboxylic acids is 4. The molecule has 2 saturated heterocycles. The Bertz CT molecular complexity index is 962. The number of nitrogens with one attached hydrogen (secondary N) is 2.